The molecule has 1 aliphatic heterocycles. The van der Waals surface area contributed by atoms with E-state index in [1.165, 1.54) is 6.20 Å². The molecule has 3 heterocycles. The third kappa shape index (κ3) is 3.99. The van der Waals surface area contributed by atoms with Crippen LogP contribution in [0.1, 0.15) is 60.2 Å². The second-order valence-electron chi connectivity index (χ2n) is 9.74. The van der Waals surface area contributed by atoms with Gasteiger partial charge in [0.25, 0.3) is 0 Å². The Bertz CT molecular complexity index is 1250. The molecule has 1 saturated heterocycles. The lowest BCUT2D eigenvalue weighted by Gasteiger charge is -2.38. The summed E-state index contributed by atoms with van der Waals surface area (Å²) in [7, 11) is 0. The maximum atomic E-state index is 11.2. The summed E-state index contributed by atoms with van der Waals surface area (Å²) >= 11 is 13.0. The molecule has 7 nitrogen and oxygen atoms in total. The van der Waals surface area contributed by atoms with Crippen LogP contribution in [-0.4, -0.2) is 39.4 Å². The zero-order valence-electron chi connectivity index (χ0n) is 19.2. The van der Waals surface area contributed by atoms with Crippen molar-refractivity contribution in [3.05, 3.63) is 63.5 Å². The molecule has 2 aliphatic carbocycles. The number of nitrogens with zero attached hydrogens (tertiary/aromatic N) is 3. The number of aromatic nitrogens is 2. The van der Waals surface area contributed by atoms with Crippen LogP contribution in [0.4, 0.5) is 5.82 Å². The standard InChI is InChI=1S/C26H25Cl2N3O4/c1-13-17-9-16(31(13)22-8-7-15(11-29-22)26(32)33)10-21(17)34-12-18-24(30-35-25(18)14-5-6-14)23-19(27)3-2-4-20(23)28/h2-4,7-8,11,13-14,16-17,21H,5-6,9-10,12H2,1H3,(H,32,33). The number of carboxylic acid groups (broad SMARTS) is 1. The van der Waals surface area contributed by atoms with Crippen molar-refractivity contribution in [1.29, 1.82) is 0 Å². The molecule has 0 amide bonds. The number of hydrogen-bond acceptors (Lipinski definition) is 6. The molecule has 6 rings (SSSR count). The maximum Gasteiger partial charge on any atom is 0.337 e. The molecule has 4 atom stereocenters. The number of carboxylic acids is 1. The molecule has 2 bridgehead atoms. The quantitative estimate of drug-likeness (QED) is 0.402. The minimum atomic E-state index is -0.967. The van der Waals surface area contributed by atoms with Crippen LogP contribution in [0.25, 0.3) is 11.3 Å². The van der Waals surface area contributed by atoms with E-state index in [1.54, 1.807) is 12.1 Å². The lowest BCUT2D eigenvalue weighted by atomic mass is 9.97. The minimum Gasteiger partial charge on any atom is -0.478 e. The molecule has 182 valence electrons. The molecule has 4 unspecified atom stereocenters. The first-order valence-corrected chi connectivity index (χ1v) is 12.7. The normalized spacial score (nSPS) is 25.4. The first-order valence-electron chi connectivity index (χ1n) is 11.9. The van der Waals surface area contributed by atoms with E-state index < -0.39 is 5.97 Å². The predicted molar refractivity (Wildman–Crippen MR) is 132 cm³/mol. The van der Waals surface area contributed by atoms with Gasteiger partial charge >= 0.3 is 5.97 Å². The van der Waals surface area contributed by atoms with Crippen LogP contribution in [0.5, 0.6) is 0 Å². The highest BCUT2D eigenvalue weighted by atomic mass is 35.5. The smallest absolute Gasteiger partial charge is 0.337 e. The zero-order valence-corrected chi connectivity index (χ0v) is 20.7. The van der Waals surface area contributed by atoms with Crippen molar-refractivity contribution in [2.75, 3.05) is 4.90 Å². The van der Waals surface area contributed by atoms with Gasteiger partial charge in [-0.2, -0.15) is 0 Å². The van der Waals surface area contributed by atoms with Crippen molar-refractivity contribution in [3.8, 4) is 11.3 Å². The van der Waals surface area contributed by atoms with Crippen LogP contribution >= 0.6 is 23.2 Å². The van der Waals surface area contributed by atoms with Gasteiger partial charge in [0.2, 0.25) is 0 Å². The molecule has 35 heavy (non-hydrogen) atoms. The van der Waals surface area contributed by atoms with Crippen molar-refractivity contribution in [1.82, 2.24) is 10.1 Å². The molecule has 1 aromatic carbocycles. The fourth-order valence-electron chi connectivity index (χ4n) is 5.77. The second kappa shape index (κ2) is 8.80. The van der Waals surface area contributed by atoms with Crippen molar-refractivity contribution in [2.24, 2.45) is 5.92 Å². The van der Waals surface area contributed by atoms with Gasteiger partial charge < -0.3 is 19.3 Å². The molecule has 3 fully saturated rings. The van der Waals surface area contributed by atoms with Gasteiger partial charge in [0, 0.05) is 41.2 Å². The summed E-state index contributed by atoms with van der Waals surface area (Å²) in [6.07, 6.45) is 5.63. The number of rotatable bonds is 7. The summed E-state index contributed by atoms with van der Waals surface area (Å²) in [4.78, 5) is 17.9. The molecule has 0 radical (unpaired) electrons. The lowest BCUT2D eigenvalue weighted by molar-refractivity contribution is 0.00359. The van der Waals surface area contributed by atoms with E-state index in [-0.39, 0.29) is 17.7 Å². The highest BCUT2D eigenvalue weighted by molar-refractivity contribution is 6.39. The van der Waals surface area contributed by atoms with E-state index in [1.807, 2.05) is 18.2 Å². The topological polar surface area (TPSA) is 88.7 Å². The zero-order chi connectivity index (χ0) is 24.3. The number of benzene rings is 1. The fraction of sp³-hybridized carbons (Fsp3) is 0.423. The Labute approximate surface area is 213 Å². The lowest BCUT2D eigenvalue weighted by Crippen LogP contribution is -2.45. The number of piperidine rings is 1. The Kier molecular flexibility index (Phi) is 5.74. The summed E-state index contributed by atoms with van der Waals surface area (Å²) in [5.41, 5.74) is 2.50. The molecular formula is C26H25Cl2N3O4. The number of anilines is 1. The van der Waals surface area contributed by atoms with Crippen LogP contribution in [-0.2, 0) is 11.3 Å². The Hall–Kier alpha value is -2.61. The van der Waals surface area contributed by atoms with Crippen LogP contribution < -0.4 is 4.90 Å². The SMILES string of the molecule is CC1C2CC(CC2OCc2c(-c3c(Cl)cccc3Cl)noc2C2CC2)N1c1ccc(C(=O)O)cn1. The average molecular weight is 514 g/mol. The van der Waals surface area contributed by atoms with Gasteiger partial charge in [-0.05, 0) is 56.9 Å². The number of ether oxygens (including phenoxy) is 1. The van der Waals surface area contributed by atoms with Gasteiger partial charge in [0.1, 0.15) is 17.3 Å². The average Bonchev–Trinajstić information content (AvgIpc) is 3.34. The van der Waals surface area contributed by atoms with Crippen LogP contribution in [0, 0.1) is 5.92 Å². The Morgan fingerprint density at radius 1 is 1.20 bits per heavy atom. The molecule has 2 aromatic heterocycles. The summed E-state index contributed by atoms with van der Waals surface area (Å²) in [5, 5.41) is 14.6. The highest BCUT2D eigenvalue weighted by Gasteiger charge is 2.50. The summed E-state index contributed by atoms with van der Waals surface area (Å²) < 4.78 is 12.3. The number of pyridine rings is 1. The van der Waals surface area contributed by atoms with E-state index in [2.05, 4.69) is 22.0 Å². The van der Waals surface area contributed by atoms with Crippen molar-refractivity contribution >= 4 is 35.0 Å². The maximum absolute atomic E-state index is 11.2. The molecule has 3 aliphatic rings. The molecule has 9 heteroatoms. The third-order valence-electron chi connectivity index (χ3n) is 7.65. The van der Waals surface area contributed by atoms with E-state index in [0.717, 1.165) is 42.8 Å². The van der Waals surface area contributed by atoms with E-state index >= 15 is 0 Å². The predicted octanol–water partition coefficient (Wildman–Crippen LogP) is 6.19. The third-order valence-corrected chi connectivity index (χ3v) is 8.28. The molecular weight excluding hydrogens is 489 g/mol. The number of aromatic carboxylic acids is 1. The summed E-state index contributed by atoms with van der Waals surface area (Å²) in [6.45, 7) is 2.59. The molecule has 1 N–H and O–H groups in total. The second-order valence-corrected chi connectivity index (χ2v) is 10.6. The van der Waals surface area contributed by atoms with E-state index in [4.69, 9.17) is 37.6 Å². The van der Waals surface area contributed by atoms with Crippen LogP contribution in [0.2, 0.25) is 10.0 Å². The summed E-state index contributed by atoms with van der Waals surface area (Å²) in [6, 6.07) is 9.40. The largest absolute Gasteiger partial charge is 0.478 e. The Morgan fingerprint density at radius 2 is 1.97 bits per heavy atom. The van der Waals surface area contributed by atoms with Crippen LogP contribution in [0.3, 0.4) is 0 Å². The number of carbonyl (C=O) groups is 1. The Morgan fingerprint density at radius 3 is 2.60 bits per heavy atom. The van der Waals surface area contributed by atoms with Gasteiger partial charge in [-0.15, -0.1) is 0 Å². The van der Waals surface area contributed by atoms with Crippen molar-refractivity contribution < 1.29 is 19.2 Å². The first-order chi connectivity index (χ1) is 16.9. The first kappa shape index (κ1) is 22.8. The molecule has 0 spiro atoms. The van der Waals surface area contributed by atoms with Crippen molar-refractivity contribution in [3.63, 3.8) is 0 Å². The van der Waals surface area contributed by atoms with Gasteiger partial charge in [0.05, 0.1) is 28.3 Å². The molecule has 3 aromatic rings. The highest BCUT2D eigenvalue weighted by Crippen LogP contribution is 2.48. The number of halogens is 2. The van der Waals surface area contributed by atoms with Gasteiger partial charge in [0.15, 0.2) is 0 Å². The number of hydrogen-bond donors (Lipinski definition) is 1. The van der Waals surface area contributed by atoms with Gasteiger partial charge in [-0.1, -0.05) is 34.4 Å². The van der Waals surface area contributed by atoms with E-state index in [9.17, 15) is 4.79 Å². The van der Waals surface area contributed by atoms with Crippen LogP contribution in [0.15, 0.2) is 41.1 Å². The Balaban J connectivity index is 1.20. The van der Waals surface area contributed by atoms with Gasteiger partial charge in [-0.25, -0.2) is 9.78 Å². The summed E-state index contributed by atoms with van der Waals surface area (Å²) in [5.74, 6) is 1.48. The molecule has 2 saturated carbocycles. The minimum absolute atomic E-state index is 0.112. The van der Waals surface area contributed by atoms with Gasteiger partial charge in [-0.3, -0.25) is 0 Å². The fourth-order valence-corrected chi connectivity index (χ4v) is 6.35. The monoisotopic (exact) mass is 513 g/mol. The van der Waals surface area contributed by atoms with Crippen molar-refractivity contribution in [2.45, 2.75) is 63.3 Å². The van der Waals surface area contributed by atoms with E-state index in [0.29, 0.717) is 45.8 Å². The number of fused-ring (bicyclic) bond motifs is 2.